The predicted molar refractivity (Wildman–Crippen MR) is 106 cm³/mol. The highest BCUT2D eigenvalue weighted by Crippen LogP contribution is 2.22. The van der Waals surface area contributed by atoms with E-state index in [1.807, 2.05) is 36.4 Å². The van der Waals surface area contributed by atoms with Gasteiger partial charge in [-0.15, -0.1) is 0 Å². The van der Waals surface area contributed by atoms with Crippen molar-refractivity contribution in [2.45, 2.75) is 52.9 Å². The first-order chi connectivity index (χ1) is 12.6. The highest BCUT2D eigenvalue weighted by atomic mass is 16.5. The lowest BCUT2D eigenvalue weighted by Crippen LogP contribution is -1.98. The third kappa shape index (κ3) is 6.51. The topological polar surface area (TPSA) is 47.7 Å². The predicted octanol–water partition coefficient (Wildman–Crippen LogP) is 6.77. The Kier molecular flexibility index (Phi) is 8.13. The summed E-state index contributed by atoms with van der Waals surface area (Å²) in [6.07, 6.45) is 5.60. The van der Waals surface area contributed by atoms with Crippen LogP contribution in [0.5, 0.6) is 5.75 Å². The second-order valence-electron chi connectivity index (χ2n) is 6.81. The lowest BCUT2D eigenvalue weighted by Gasteiger charge is -2.08. The van der Waals surface area contributed by atoms with E-state index in [0.717, 1.165) is 31.6 Å². The maximum atomic E-state index is 12.3. The van der Waals surface area contributed by atoms with Crippen LogP contribution in [0.2, 0.25) is 0 Å². The first kappa shape index (κ1) is 20.0. The highest BCUT2D eigenvalue weighted by Gasteiger charge is 2.06. The molecule has 0 saturated heterocycles. The molecule has 0 aromatic heterocycles. The molecular formula is C22H30N2O2. The molecule has 0 aliphatic rings. The van der Waals surface area contributed by atoms with Gasteiger partial charge in [0.25, 0.3) is 0 Å². The third-order valence-corrected chi connectivity index (χ3v) is 4.50. The first-order valence-electron chi connectivity index (χ1n) is 9.63. The maximum Gasteiger partial charge on any atom is 0.244 e. The summed E-state index contributed by atoms with van der Waals surface area (Å²) >= 11 is 0. The van der Waals surface area contributed by atoms with Gasteiger partial charge in [-0.25, -0.2) is 0 Å². The van der Waals surface area contributed by atoms with Crippen molar-refractivity contribution in [1.82, 2.24) is 0 Å². The van der Waals surface area contributed by atoms with Crippen LogP contribution in [0.25, 0.3) is 0 Å². The third-order valence-electron chi connectivity index (χ3n) is 4.50. The van der Waals surface area contributed by atoms with Crippen LogP contribution in [-0.4, -0.2) is 11.5 Å². The van der Waals surface area contributed by atoms with Gasteiger partial charge in [0, 0.05) is 17.2 Å². The Morgan fingerprint density at radius 3 is 2.31 bits per heavy atom. The minimum atomic E-state index is 0.540. The van der Waals surface area contributed by atoms with Gasteiger partial charge in [-0.1, -0.05) is 57.0 Å². The fourth-order valence-corrected chi connectivity index (χ4v) is 2.62. The van der Waals surface area contributed by atoms with Crippen LogP contribution in [0.3, 0.4) is 0 Å². The summed E-state index contributed by atoms with van der Waals surface area (Å²) in [7, 11) is 0. The molecule has 0 N–H and O–H groups in total. The van der Waals surface area contributed by atoms with E-state index in [2.05, 4.69) is 25.9 Å². The van der Waals surface area contributed by atoms with Crippen LogP contribution in [-0.2, 0) is 6.42 Å². The fourth-order valence-electron chi connectivity index (χ4n) is 2.62. The molecular weight excluding hydrogens is 324 g/mol. The Morgan fingerprint density at radius 2 is 1.69 bits per heavy atom. The molecule has 0 fully saturated rings. The van der Waals surface area contributed by atoms with E-state index in [9.17, 15) is 5.21 Å². The fraction of sp³-hybridized carbons (Fsp3) is 0.455. The zero-order chi connectivity index (χ0) is 18.8. The van der Waals surface area contributed by atoms with E-state index < -0.39 is 0 Å². The second kappa shape index (κ2) is 10.6. The molecule has 140 valence electrons. The summed E-state index contributed by atoms with van der Waals surface area (Å²) in [4.78, 5) is 0.671. The van der Waals surface area contributed by atoms with Crippen molar-refractivity contribution in [2.75, 3.05) is 6.61 Å². The van der Waals surface area contributed by atoms with Gasteiger partial charge in [-0.2, -0.15) is 0 Å². The van der Waals surface area contributed by atoms with Crippen molar-refractivity contribution in [2.24, 2.45) is 11.0 Å². The SMILES string of the molecule is CCCCCOc1ccc(N=[N+]([O-])c2ccc(CC(C)CC)cc2)cc1. The van der Waals surface area contributed by atoms with Gasteiger partial charge in [0.15, 0.2) is 0 Å². The van der Waals surface area contributed by atoms with Crippen LogP contribution >= 0.6 is 0 Å². The van der Waals surface area contributed by atoms with E-state index in [1.165, 1.54) is 18.4 Å². The molecule has 2 rings (SSSR count). The maximum absolute atomic E-state index is 12.3. The molecule has 4 nitrogen and oxygen atoms in total. The number of nitrogens with zero attached hydrogens (tertiary/aromatic N) is 2. The van der Waals surface area contributed by atoms with Crippen molar-refractivity contribution in [3.8, 4) is 5.75 Å². The van der Waals surface area contributed by atoms with Crippen molar-refractivity contribution in [3.63, 3.8) is 0 Å². The number of rotatable bonds is 10. The van der Waals surface area contributed by atoms with Gasteiger partial charge in [-0.3, -0.25) is 0 Å². The Labute approximate surface area is 157 Å². The van der Waals surface area contributed by atoms with Crippen molar-refractivity contribution in [3.05, 3.63) is 59.3 Å². The number of hydrogen-bond donors (Lipinski definition) is 0. The van der Waals surface area contributed by atoms with Gasteiger partial charge in [0.2, 0.25) is 5.69 Å². The standard InChI is InChI=1S/C22H30N2O2/c1-4-6-7-16-26-22-14-10-20(11-15-22)23-24(25)21-12-8-19(9-13-21)17-18(3)5-2/h8-15,18H,4-7,16-17H2,1-3H3. The number of hydrogen-bond acceptors (Lipinski definition) is 3. The Morgan fingerprint density at radius 1 is 1.00 bits per heavy atom. The average Bonchev–Trinajstić information content (AvgIpc) is 2.67. The molecule has 0 saturated carbocycles. The summed E-state index contributed by atoms with van der Waals surface area (Å²) in [5, 5.41) is 16.4. The van der Waals surface area contributed by atoms with Crippen molar-refractivity contribution >= 4 is 11.4 Å². The summed E-state index contributed by atoms with van der Waals surface area (Å²) in [5.74, 6) is 1.46. The monoisotopic (exact) mass is 354 g/mol. The van der Waals surface area contributed by atoms with E-state index in [4.69, 9.17) is 4.74 Å². The molecule has 1 atom stereocenters. The van der Waals surface area contributed by atoms with E-state index >= 15 is 0 Å². The first-order valence-corrected chi connectivity index (χ1v) is 9.63. The molecule has 4 heteroatoms. The zero-order valence-electron chi connectivity index (χ0n) is 16.1. The minimum absolute atomic E-state index is 0.540. The Hall–Kier alpha value is -2.36. The van der Waals surface area contributed by atoms with Gasteiger partial charge in [0.05, 0.1) is 6.61 Å². The average molecular weight is 354 g/mol. The number of ether oxygens (including phenoxy) is 1. The summed E-state index contributed by atoms with van der Waals surface area (Å²) in [6.45, 7) is 7.32. The van der Waals surface area contributed by atoms with Gasteiger partial charge >= 0.3 is 0 Å². The molecule has 0 heterocycles. The molecule has 2 aromatic rings. The molecule has 1 unspecified atom stereocenters. The number of benzene rings is 2. The molecule has 0 spiro atoms. The van der Waals surface area contributed by atoms with Crippen LogP contribution in [0, 0.1) is 11.1 Å². The Balaban J connectivity index is 1.95. The number of azo groups is 1. The molecule has 26 heavy (non-hydrogen) atoms. The number of unbranched alkanes of at least 4 members (excludes halogenated alkanes) is 2. The molecule has 0 aliphatic heterocycles. The second-order valence-corrected chi connectivity index (χ2v) is 6.81. The van der Waals surface area contributed by atoms with Gasteiger partial charge in [0.1, 0.15) is 11.4 Å². The lowest BCUT2D eigenvalue weighted by molar-refractivity contribution is -0.435. The van der Waals surface area contributed by atoms with Crippen LogP contribution in [0.4, 0.5) is 11.4 Å². The lowest BCUT2D eigenvalue weighted by atomic mass is 9.99. The Bertz CT molecular complexity index is 678. The summed E-state index contributed by atoms with van der Waals surface area (Å²) in [5.41, 5.74) is 2.41. The van der Waals surface area contributed by atoms with Crippen LogP contribution in [0.15, 0.2) is 53.6 Å². The minimum Gasteiger partial charge on any atom is -0.594 e. The molecule has 0 bridgehead atoms. The van der Waals surface area contributed by atoms with E-state index in [1.54, 1.807) is 12.1 Å². The summed E-state index contributed by atoms with van der Waals surface area (Å²) < 4.78 is 5.67. The zero-order valence-corrected chi connectivity index (χ0v) is 16.1. The smallest absolute Gasteiger partial charge is 0.244 e. The molecule has 0 radical (unpaired) electrons. The summed E-state index contributed by atoms with van der Waals surface area (Å²) in [6, 6.07) is 15.0. The highest BCUT2D eigenvalue weighted by molar-refractivity contribution is 5.40. The van der Waals surface area contributed by atoms with Crippen LogP contribution < -0.4 is 4.74 Å². The van der Waals surface area contributed by atoms with Gasteiger partial charge < -0.3 is 9.94 Å². The molecule has 2 aromatic carbocycles. The van der Waals surface area contributed by atoms with E-state index in [0.29, 0.717) is 22.2 Å². The largest absolute Gasteiger partial charge is 0.594 e. The van der Waals surface area contributed by atoms with Gasteiger partial charge in [-0.05, 0) is 48.6 Å². The molecule has 0 aliphatic carbocycles. The van der Waals surface area contributed by atoms with Crippen molar-refractivity contribution in [1.29, 1.82) is 0 Å². The van der Waals surface area contributed by atoms with Crippen molar-refractivity contribution < 1.29 is 9.60 Å². The normalized spacial score (nSPS) is 12.8. The van der Waals surface area contributed by atoms with E-state index in [-0.39, 0.29) is 0 Å². The quantitative estimate of drug-likeness (QED) is 0.204. The molecule has 0 amide bonds. The van der Waals surface area contributed by atoms with Crippen LogP contribution in [0.1, 0.15) is 52.0 Å².